The zero-order valence-corrected chi connectivity index (χ0v) is 40.5. The zero-order valence-electron chi connectivity index (χ0n) is 40.5. The Morgan fingerprint density at radius 2 is 0.730 bits per heavy atom. The summed E-state index contributed by atoms with van der Waals surface area (Å²) in [7, 11) is 0. The van der Waals surface area contributed by atoms with Gasteiger partial charge in [0.15, 0.2) is 0 Å². The molecule has 0 bridgehead atoms. The number of benzene rings is 12. The summed E-state index contributed by atoms with van der Waals surface area (Å²) in [4.78, 5) is 7.10. The minimum atomic E-state index is 1.09. The van der Waals surface area contributed by atoms with Crippen molar-refractivity contribution < 1.29 is 0 Å². The van der Waals surface area contributed by atoms with Crippen LogP contribution in [0.5, 0.6) is 0 Å². The molecular formula is C70H48N4. The minimum absolute atomic E-state index is 1.09. The van der Waals surface area contributed by atoms with E-state index in [1.165, 1.54) is 66.1 Å². The van der Waals surface area contributed by atoms with Crippen LogP contribution in [0.15, 0.2) is 291 Å². The van der Waals surface area contributed by atoms with E-state index in [-0.39, 0.29) is 0 Å². The van der Waals surface area contributed by atoms with E-state index in [2.05, 4.69) is 310 Å². The topological polar surface area (TPSA) is 14.7 Å². The number of para-hydroxylation sites is 5. The Morgan fingerprint density at radius 3 is 1.35 bits per heavy atom. The molecule has 348 valence electrons. The quantitative estimate of drug-likeness (QED) is 0.136. The first-order valence-corrected chi connectivity index (χ1v) is 25.3. The van der Waals surface area contributed by atoms with E-state index >= 15 is 0 Å². The number of hydrogen-bond donors (Lipinski definition) is 0. The number of hydrogen-bond acceptors (Lipinski definition) is 3. The molecule has 13 aromatic rings. The second-order valence-corrected chi connectivity index (χ2v) is 19.0. The van der Waals surface area contributed by atoms with E-state index in [1.807, 2.05) is 0 Å². The lowest BCUT2D eigenvalue weighted by Gasteiger charge is -2.34. The fourth-order valence-electron chi connectivity index (χ4n) is 11.3. The molecule has 0 spiro atoms. The average molecular weight is 945 g/mol. The van der Waals surface area contributed by atoms with Crippen LogP contribution in [0.4, 0.5) is 51.2 Å². The van der Waals surface area contributed by atoms with Gasteiger partial charge in [0.2, 0.25) is 0 Å². The molecule has 0 radical (unpaired) electrons. The molecule has 1 aliphatic heterocycles. The third-order valence-corrected chi connectivity index (χ3v) is 14.7. The molecule has 0 amide bonds. The van der Waals surface area contributed by atoms with Crippen molar-refractivity contribution in [2.75, 3.05) is 14.7 Å². The maximum Gasteiger partial charge on any atom is 0.0561 e. The number of aromatic nitrogens is 1. The second-order valence-electron chi connectivity index (χ2n) is 19.0. The van der Waals surface area contributed by atoms with Gasteiger partial charge in [0, 0.05) is 67.2 Å². The van der Waals surface area contributed by atoms with Gasteiger partial charge in [0.05, 0.1) is 22.4 Å². The zero-order chi connectivity index (χ0) is 49.0. The van der Waals surface area contributed by atoms with Crippen molar-refractivity contribution in [1.29, 1.82) is 0 Å². The molecular weight excluding hydrogens is 897 g/mol. The van der Waals surface area contributed by atoms with Crippen LogP contribution in [0.2, 0.25) is 0 Å². The molecule has 0 N–H and O–H groups in total. The summed E-state index contributed by atoms with van der Waals surface area (Å²) in [5.41, 5.74) is 20.7. The Kier molecular flexibility index (Phi) is 10.5. The molecule has 74 heavy (non-hydrogen) atoms. The van der Waals surface area contributed by atoms with Gasteiger partial charge in [-0.05, 0) is 155 Å². The first kappa shape index (κ1) is 42.9. The highest BCUT2D eigenvalue weighted by Crippen LogP contribution is 2.52. The largest absolute Gasteiger partial charge is 0.311 e. The molecule has 0 unspecified atom stereocenters. The Hall–Kier alpha value is -9.90. The third kappa shape index (κ3) is 7.39. The number of rotatable bonds is 10. The lowest BCUT2D eigenvalue weighted by molar-refractivity contribution is 1.18. The molecule has 2 heterocycles. The van der Waals surface area contributed by atoms with Gasteiger partial charge in [0.1, 0.15) is 0 Å². The maximum absolute atomic E-state index is 2.44. The Balaban J connectivity index is 0.808. The number of anilines is 9. The summed E-state index contributed by atoms with van der Waals surface area (Å²) < 4.78 is 2.39. The van der Waals surface area contributed by atoms with Crippen LogP contribution in [0.3, 0.4) is 0 Å². The lowest BCUT2D eigenvalue weighted by atomic mass is 9.88. The molecule has 4 heteroatoms. The van der Waals surface area contributed by atoms with Gasteiger partial charge in [-0.15, -0.1) is 0 Å². The fraction of sp³-hybridized carbons (Fsp3) is 0. The monoisotopic (exact) mass is 944 g/mol. The SMILES string of the molecule is c1ccc(N(c2ccccc2)c2ccc(-c3ccc(N4c5ccc(-c6ccc(N(c7ccccc7)c7ccc8c9ccccc9n(-c9ccccc9)c8c7)cc6)cc5-c5cccc6cccc4c56)cc3)cc2)cc1. The average Bonchev–Trinajstić information content (AvgIpc) is 3.81. The number of nitrogens with zero attached hydrogens (tertiary/aromatic N) is 4. The van der Waals surface area contributed by atoms with Gasteiger partial charge in [-0.1, -0.05) is 170 Å². The van der Waals surface area contributed by atoms with Crippen molar-refractivity contribution in [3.63, 3.8) is 0 Å². The second kappa shape index (κ2) is 18.1. The molecule has 4 nitrogen and oxygen atoms in total. The predicted octanol–water partition coefficient (Wildman–Crippen LogP) is 19.7. The standard InChI is InChI=1S/C70H48N4/c1-5-19-54(20-6-1)71(55-21-7-2-8-22-55)58-38-31-49(32-39-58)50-33-42-60(43-34-50)73-67-46-37-53(47-65(67)64-28-15-17-52-18-16-30-68(73)70(52)64)51-35-40-59(41-36-51)72(56-23-9-3-10-24-56)61-44-45-63-62-27-13-14-29-66(62)74(69(63)48-61)57-25-11-4-12-26-57/h1-48H. The molecule has 12 aromatic carbocycles. The molecule has 0 fully saturated rings. The van der Waals surface area contributed by atoms with Crippen molar-refractivity contribution in [3.05, 3.63) is 291 Å². The predicted molar refractivity (Wildman–Crippen MR) is 312 cm³/mol. The minimum Gasteiger partial charge on any atom is -0.311 e. The van der Waals surface area contributed by atoms with Gasteiger partial charge in [-0.3, -0.25) is 0 Å². The first-order valence-electron chi connectivity index (χ1n) is 25.3. The maximum atomic E-state index is 2.44. The van der Waals surface area contributed by atoms with Crippen LogP contribution in [0.1, 0.15) is 0 Å². The highest BCUT2D eigenvalue weighted by Gasteiger charge is 2.27. The molecule has 0 aliphatic carbocycles. The summed E-state index contributed by atoms with van der Waals surface area (Å²) in [5.74, 6) is 0. The molecule has 1 aromatic heterocycles. The smallest absolute Gasteiger partial charge is 0.0561 e. The van der Waals surface area contributed by atoms with Gasteiger partial charge >= 0.3 is 0 Å². The summed E-state index contributed by atoms with van der Waals surface area (Å²) >= 11 is 0. The van der Waals surface area contributed by atoms with Crippen molar-refractivity contribution in [3.8, 4) is 39.1 Å². The Labute approximate surface area is 431 Å². The van der Waals surface area contributed by atoms with Gasteiger partial charge in [-0.25, -0.2) is 0 Å². The summed E-state index contributed by atoms with van der Waals surface area (Å²) in [6, 6.07) is 105. The third-order valence-electron chi connectivity index (χ3n) is 14.7. The van der Waals surface area contributed by atoms with Crippen molar-refractivity contribution in [2.24, 2.45) is 0 Å². The first-order chi connectivity index (χ1) is 36.7. The lowest BCUT2D eigenvalue weighted by Crippen LogP contribution is -2.15. The fourth-order valence-corrected chi connectivity index (χ4v) is 11.3. The van der Waals surface area contributed by atoms with E-state index < -0.39 is 0 Å². The Bertz CT molecular complexity index is 4110. The highest BCUT2D eigenvalue weighted by molar-refractivity contribution is 6.14. The van der Waals surface area contributed by atoms with Gasteiger partial charge < -0.3 is 19.3 Å². The van der Waals surface area contributed by atoms with E-state index in [4.69, 9.17) is 0 Å². The van der Waals surface area contributed by atoms with E-state index in [0.717, 1.165) is 56.7 Å². The molecule has 0 saturated heterocycles. The summed E-state index contributed by atoms with van der Waals surface area (Å²) in [5, 5.41) is 4.96. The van der Waals surface area contributed by atoms with E-state index in [0.29, 0.717) is 0 Å². The van der Waals surface area contributed by atoms with Crippen LogP contribution >= 0.6 is 0 Å². The Morgan fingerprint density at radius 1 is 0.257 bits per heavy atom. The molecule has 0 atom stereocenters. The van der Waals surface area contributed by atoms with Crippen LogP contribution in [-0.4, -0.2) is 4.57 Å². The van der Waals surface area contributed by atoms with Crippen molar-refractivity contribution >= 4 is 83.8 Å². The molecule has 0 saturated carbocycles. The highest BCUT2D eigenvalue weighted by atomic mass is 15.2. The van der Waals surface area contributed by atoms with Crippen LogP contribution in [0.25, 0.3) is 71.6 Å². The molecule has 1 aliphatic rings. The summed E-state index contributed by atoms with van der Waals surface area (Å²) in [6.07, 6.45) is 0. The van der Waals surface area contributed by atoms with Gasteiger partial charge in [0.25, 0.3) is 0 Å². The van der Waals surface area contributed by atoms with Crippen molar-refractivity contribution in [1.82, 2.24) is 4.57 Å². The van der Waals surface area contributed by atoms with Crippen LogP contribution < -0.4 is 14.7 Å². The van der Waals surface area contributed by atoms with Crippen LogP contribution in [-0.2, 0) is 0 Å². The molecule has 14 rings (SSSR count). The van der Waals surface area contributed by atoms with Crippen molar-refractivity contribution in [2.45, 2.75) is 0 Å². The normalized spacial score (nSPS) is 11.8. The summed E-state index contributed by atoms with van der Waals surface area (Å²) in [6.45, 7) is 0. The van der Waals surface area contributed by atoms with Crippen LogP contribution in [0, 0.1) is 0 Å². The van der Waals surface area contributed by atoms with E-state index in [9.17, 15) is 0 Å². The number of fused-ring (bicyclic) bond motifs is 5. The van der Waals surface area contributed by atoms with E-state index in [1.54, 1.807) is 0 Å². The van der Waals surface area contributed by atoms with Gasteiger partial charge in [-0.2, -0.15) is 0 Å².